The van der Waals surface area contributed by atoms with Crippen molar-refractivity contribution in [2.75, 3.05) is 42.9 Å². The van der Waals surface area contributed by atoms with E-state index >= 15 is 0 Å². The molecule has 0 aliphatic carbocycles. The molecule has 5 nitrogen and oxygen atoms in total. The fourth-order valence-electron chi connectivity index (χ4n) is 2.92. The maximum atomic E-state index is 12.2. The van der Waals surface area contributed by atoms with Crippen molar-refractivity contribution in [2.45, 2.75) is 0 Å². The van der Waals surface area contributed by atoms with Crippen molar-refractivity contribution in [1.82, 2.24) is 0 Å². The zero-order valence-electron chi connectivity index (χ0n) is 13.3. The number of nitrogens with one attached hydrogen (secondary N) is 2. The maximum absolute atomic E-state index is 12.2. The number of nitrogens with zero attached hydrogens (tertiary/aromatic N) is 1. The van der Waals surface area contributed by atoms with Crippen LogP contribution < -0.4 is 15.1 Å². The predicted octanol–water partition coefficient (Wildman–Crippen LogP) is 1.39. The van der Waals surface area contributed by atoms with Gasteiger partial charge in [-0.1, -0.05) is 17.7 Å². The quantitative estimate of drug-likeness (QED) is 0.784. The highest BCUT2D eigenvalue weighted by Gasteiger charge is 2.22. The number of amides is 1. The number of carbonyl (C=O) groups excluding carboxylic acids is 1. The molecule has 0 unspecified atom stereocenters. The Bertz CT molecular complexity index is 698. The Balaban J connectivity index is 1.48. The van der Waals surface area contributed by atoms with Gasteiger partial charge in [0.2, 0.25) is 0 Å². The topological polar surface area (TPSA) is 57.0 Å². The Hall–Kier alpha value is -2.24. The molecule has 1 fully saturated rings. The summed E-state index contributed by atoms with van der Waals surface area (Å²) in [5, 5.41) is 12.9. The van der Waals surface area contributed by atoms with Crippen LogP contribution in [0.15, 0.2) is 48.5 Å². The second kappa shape index (κ2) is 7.55. The lowest BCUT2D eigenvalue weighted by atomic mass is 10.2. The number of hydrogen-bond donors (Lipinski definition) is 3. The van der Waals surface area contributed by atoms with Crippen molar-refractivity contribution in [3.05, 3.63) is 53.6 Å². The van der Waals surface area contributed by atoms with Crippen LogP contribution in [0.4, 0.5) is 11.4 Å². The van der Waals surface area contributed by atoms with Crippen molar-refractivity contribution in [1.29, 1.82) is 0 Å². The van der Waals surface area contributed by atoms with Crippen LogP contribution in [0.25, 0.3) is 0 Å². The second-order valence-electron chi connectivity index (χ2n) is 5.99. The number of aromatic hydroxyl groups is 1. The molecule has 1 aliphatic rings. The highest BCUT2D eigenvalue weighted by molar-refractivity contribution is 6.30. The molecule has 0 atom stereocenters. The van der Waals surface area contributed by atoms with E-state index in [2.05, 4.69) is 10.2 Å². The fourth-order valence-corrected chi connectivity index (χ4v) is 3.11. The van der Waals surface area contributed by atoms with E-state index in [0.29, 0.717) is 11.6 Å². The standard InChI is InChI=1S/C18H20ClN3O2/c19-14-2-1-3-15(12-14)20-18(24)13-21-8-10-22(11-9-21)16-4-6-17(23)7-5-16/h1-7,12,23H,8-11,13H2,(H,20,24)/p+1. The van der Waals surface area contributed by atoms with E-state index in [9.17, 15) is 9.90 Å². The molecule has 1 saturated heterocycles. The first kappa shape index (κ1) is 16.6. The van der Waals surface area contributed by atoms with Gasteiger partial charge in [0.05, 0.1) is 26.2 Å². The Morgan fingerprint density at radius 2 is 1.88 bits per heavy atom. The van der Waals surface area contributed by atoms with Gasteiger partial charge in [0.25, 0.3) is 5.91 Å². The summed E-state index contributed by atoms with van der Waals surface area (Å²) in [5.41, 5.74) is 1.84. The zero-order chi connectivity index (χ0) is 16.9. The van der Waals surface area contributed by atoms with Crippen molar-refractivity contribution in [2.24, 2.45) is 0 Å². The lowest BCUT2D eigenvalue weighted by Gasteiger charge is -2.33. The van der Waals surface area contributed by atoms with E-state index in [-0.39, 0.29) is 11.7 Å². The Labute approximate surface area is 146 Å². The molecule has 24 heavy (non-hydrogen) atoms. The number of rotatable bonds is 4. The SMILES string of the molecule is O=C(C[NH+]1CCN(c2ccc(O)cc2)CC1)Nc1cccc(Cl)c1. The summed E-state index contributed by atoms with van der Waals surface area (Å²) in [5.74, 6) is 0.283. The van der Waals surface area contributed by atoms with Gasteiger partial charge in [-0.2, -0.15) is 0 Å². The molecule has 0 saturated carbocycles. The van der Waals surface area contributed by atoms with Crippen LogP contribution in [0, 0.1) is 0 Å². The number of hydrogen-bond acceptors (Lipinski definition) is 3. The molecule has 3 rings (SSSR count). The van der Waals surface area contributed by atoms with Crippen molar-refractivity contribution >= 4 is 28.9 Å². The summed E-state index contributed by atoms with van der Waals surface area (Å²) in [4.78, 5) is 15.7. The molecule has 2 aromatic carbocycles. The van der Waals surface area contributed by atoms with E-state index in [1.165, 1.54) is 4.90 Å². The average molecular weight is 347 g/mol. The summed E-state index contributed by atoms with van der Waals surface area (Å²) in [6.07, 6.45) is 0. The molecule has 0 aromatic heterocycles. The molecule has 126 valence electrons. The normalized spacial score (nSPS) is 15.3. The van der Waals surface area contributed by atoms with E-state index in [1.807, 2.05) is 24.3 Å². The molecule has 1 heterocycles. The maximum Gasteiger partial charge on any atom is 0.279 e. The number of phenolic OH excluding ortho intramolecular Hbond substituents is 1. The monoisotopic (exact) mass is 346 g/mol. The molecule has 1 aliphatic heterocycles. The number of quaternary nitrogens is 1. The molecule has 1 amide bonds. The summed E-state index contributed by atoms with van der Waals surface area (Å²) >= 11 is 5.93. The lowest BCUT2D eigenvalue weighted by molar-refractivity contribution is -0.892. The smallest absolute Gasteiger partial charge is 0.279 e. The van der Waals surface area contributed by atoms with Gasteiger partial charge in [0.1, 0.15) is 5.75 Å². The van der Waals surface area contributed by atoms with E-state index in [0.717, 1.165) is 37.6 Å². The average Bonchev–Trinajstić information content (AvgIpc) is 2.56. The van der Waals surface area contributed by atoms with Crippen LogP contribution in [0.2, 0.25) is 5.02 Å². The van der Waals surface area contributed by atoms with Crippen LogP contribution >= 0.6 is 11.6 Å². The number of phenols is 1. The van der Waals surface area contributed by atoms with Crippen LogP contribution in [-0.4, -0.2) is 43.7 Å². The molecular formula is C18H21ClN3O2+. The van der Waals surface area contributed by atoms with Gasteiger partial charge < -0.3 is 20.2 Å². The third kappa shape index (κ3) is 4.40. The highest BCUT2D eigenvalue weighted by atomic mass is 35.5. The minimum absolute atomic E-state index is 0.00495. The van der Waals surface area contributed by atoms with Gasteiger partial charge in [-0.15, -0.1) is 0 Å². The predicted molar refractivity (Wildman–Crippen MR) is 96.0 cm³/mol. The first-order chi connectivity index (χ1) is 11.6. The van der Waals surface area contributed by atoms with Crippen LogP contribution in [0.1, 0.15) is 0 Å². The van der Waals surface area contributed by atoms with Gasteiger partial charge in [-0.25, -0.2) is 0 Å². The van der Waals surface area contributed by atoms with Gasteiger partial charge in [0, 0.05) is 16.4 Å². The molecule has 2 aromatic rings. The lowest BCUT2D eigenvalue weighted by Crippen LogP contribution is -3.15. The molecule has 3 N–H and O–H groups in total. The molecule has 0 bridgehead atoms. The van der Waals surface area contributed by atoms with Gasteiger partial charge >= 0.3 is 0 Å². The minimum Gasteiger partial charge on any atom is -0.508 e. The number of benzene rings is 2. The van der Waals surface area contributed by atoms with Crippen molar-refractivity contribution in [3.8, 4) is 5.75 Å². The first-order valence-corrected chi connectivity index (χ1v) is 8.41. The fraction of sp³-hybridized carbons (Fsp3) is 0.278. The Kier molecular flexibility index (Phi) is 5.23. The van der Waals surface area contributed by atoms with Crippen molar-refractivity contribution in [3.63, 3.8) is 0 Å². The van der Waals surface area contributed by atoms with Crippen LogP contribution in [0.3, 0.4) is 0 Å². The Morgan fingerprint density at radius 1 is 1.17 bits per heavy atom. The first-order valence-electron chi connectivity index (χ1n) is 8.03. The number of piperazine rings is 1. The van der Waals surface area contributed by atoms with E-state index in [4.69, 9.17) is 11.6 Å². The summed E-state index contributed by atoms with van der Waals surface area (Å²) in [6, 6.07) is 14.4. The van der Waals surface area contributed by atoms with Crippen LogP contribution in [-0.2, 0) is 4.79 Å². The van der Waals surface area contributed by atoms with Gasteiger partial charge in [0.15, 0.2) is 6.54 Å². The summed E-state index contributed by atoms with van der Waals surface area (Å²) in [6.45, 7) is 4.05. The van der Waals surface area contributed by atoms with Gasteiger partial charge in [-0.05, 0) is 42.5 Å². The zero-order valence-corrected chi connectivity index (χ0v) is 14.1. The molecule has 0 spiro atoms. The van der Waals surface area contributed by atoms with E-state index < -0.39 is 0 Å². The second-order valence-corrected chi connectivity index (χ2v) is 6.43. The third-order valence-corrected chi connectivity index (χ3v) is 4.44. The molecular weight excluding hydrogens is 326 g/mol. The highest BCUT2D eigenvalue weighted by Crippen LogP contribution is 2.18. The van der Waals surface area contributed by atoms with E-state index in [1.54, 1.807) is 24.3 Å². The number of anilines is 2. The summed E-state index contributed by atoms with van der Waals surface area (Å²) < 4.78 is 0. The molecule has 6 heteroatoms. The van der Waals surface area contributed by atoms with Gasteiger partial charge in [-0.3, -0.25) is 4.79 Å². The number of halogens is 1. The minimum atomic E-state index is 0.00495. The third-order valence-electron chi connectivity index (χ3n) is 4.20. The van der Waals surface area contributed by atoms with Crippen molar-refractivity contribution < 1.29 is 14.8 Å². The largest absolute Gasteiger partial charge is 0.508 e. The Morgan fingerprint density at radius 3 is 2.54 bits per heavy atom. The summed E-state index contributed by atoms with van der Waals surface area (Å²) in [7, 11) is 0. The number of carbonyl (C=O) groups is 1. The van der Waals surface area contributed by atoms with Crippen LogP contribution in [0.5, 0.6) is 5.75 Å². The molecule has 0 radical (unpaired) electrons.